The van der Waals surface area contributed by atoms with Gasteiger partial charge in [-0.3, -0.25) is 4.90 Å². The Hall–Kier alpha value is -0.380. The van der Waals surface area contributed by atoms with E-state index in [-0.39, 0.29) is 0 Å². The van der Waals surface area contributed by atoms with Crippen molar-refractivity contribution >= 4 is 11.3 Å². The molecule has 1 N–H and O–H groups in total. The Morgan fingerprint density at radius 3 is 3.12 bits per heavy atom. The van der Waals surface area contributed by atoms with Crippen LogP contribution in [0.25, 0.3) is 0 Å². The fourth-order valence-corrected chi connectivity index (χ4v) is 4.18. The molecule has 0 spiro atoms. The number of nitrogens with zero attached hydrogens (tertiary/aromatic N) is 1. The maximum atomic E-state index is 3.60. The van der Waals surface area contributed by atoms with Crippen LogP contribution in [0, 0.1) is 6.92 Å². The third kappa shape index (κ3) is 1.92. The normalized spacial score (nSPS) is 31.3. The molecular weight excluding hydrogens is 216 g/mol. The smallest absolute Gasteiger partial charge is 0.0214 e. The summed E-state index contributed by atoms with van der Waals surface area (Å²) >= 11 is 1.99. The average Bonchev–Trinajstić information content (AvgIpc) is 2.85. The molecule has 2 unspecified atom stereocenters. The molecule has 1 aromatic rings. The first-order chi connectivity index (χ1) is 7.84. The summed E-state index contributed by atoms with van der Waals surface area (Å²) in [7, 11) is 0. The number of rotatable bonds is 1. The zero-order valence-electron chi connectivity index (χ0n) is 9.91. The second-order valence-corrected chi connectivity index (χ2v) is 6.32. The fraction of sp³-hybridized carbons (Fsp3) is 0.692. The van der Waals surface area contributed by atoms with Gasteiger partial charge in [-0.15, -0.1) is 11.3 Å². The lowest BCUT2D eigenvalue weighted by molar-refractivity contribution is 0.250. The summed E-state index contributed by atoms with van der Waals surface area (Å²) < 4.78 is 0. The summed E-state index contributed by atoms with van der Waals surface area (Å²) in [6.45, 7) is 7.10. The lowest BCUT2D eigenvalue weighted by Gasteiger charge is -2.27. The van der Waals surface area contributed by atoms with Crippen LogP contribution in [-0.2, 0) is 0 Å². The van der Waals surface area contributed by atoms with Crippen molar-refractivity contribution in [3.63, 3.8) is 0 Å². The maximum Gasteiger partial charge on any atom is 0.0214 e. The molecule has 3 heterocycles. The summed E-state index contributed by atoms with van der Waals surface area (Å²) in [4.78, 5) is 5.73. The van der Waals surface area contributed by atoms with Crippen LogP contribution >= 0.6 is 11.3 Å². The fourth-order valence-electron chi connectivity index (χ4n) is 3.14. The molecule has 16 heavy (non-hydrogen) atoms. The third-order valence-electron chi connectivity index (χ3n) is 3.95. The zero-order valence-corrected chi connectivity index (χ0v) is 10.7. The van der Waals surface area contributed by atoms with Crippen molar-refractivity contribution in [2.24, 2.45) is 0 Å². The number of aryl methyl sites for hydroxylation is 1. The first kappa shape index (κ1) is 10.8. The van der Waals surface area contributed by atoms with E-state index in [0.29, 0.717) is 0 Å². The lowest BCUT2D eigenvalue weighted by atomic mass is 9.96. The number of hydrogen-bond donors (Lipinski definition) is 1. The van der Waals surface area contributed by atoms with Crippen LogP contribution in [-0.4, -0.2) is 37.1 Å². The van der Waals surface area contributed by atoms with Gasteiger partial charge in [0.1, 0.15) is 0 Å². The number of thiophene rings is 1. The highest BCUT2D eigenvalue weighted by molar-refractivity contribution is 7.12. The first-order valence-electron chi connectivity index (χ1n) is 6.36. The second-order valence-electron chi connectivity index (χ2n) is 5.00. The molecule has 1 aromatic heterocycles. The van der Waals surface area contributed by atoms with Gasteiger partial charge in [0, 0.05) is 41.3 Å². The Bertz CT molecular complexity index is 361. The van der Waals surface area contributed by atoms with Crippen molar-refractivity contribution in [1.29, 1.82) is 0 Å². The van der Waals surface area contributed by atoms with E-state index in [1.807, 2.05) is 11.3 Å². The van der Waals surface area contributed by atoms with Crippen LogP contribution in [0.1, 0.15) is 28.5 Å². The molecule has 0 saturated carbocycles. The van der Waals surface area contributed by atoms with E-state index in [1.54, 1.807) is 4.88 Å². The first-order valence-corrected chi connectivity index (χ1v) is 7.17. The monoisotopic (exact) mass is 236 g/mol. The molecule has 2 aliphatic rings. The van der Waals surface area contributed by atoms with Crippen molar-refractivity contribution in [1.82, 2.24) is 10.2 Å². The number of nitrogens with one attached hydrogen (secondary N) is 1. The molecule has 2 aliphatic heterocycles. The lowest BCUT2D eigenvalue weighted by Crippen LogP contribution is -2.34. The van der Waals surface area contributed by atoms with Crippen molar-refractivity contribution in [2.45, 2.75) is 31.7 Å². The van der Waals surface area contributed by atoms with E-state index in [2.05, 4.69) is 29.3 Å². The predicted molar refractivity (Wildman–Crippen MR) is 69.3 cm³/mol. The largest absolute Gasteiger partial charge is 0.315 e. The van der Waals surface area contributed by atoms with E-state index in [4.69, 9.17) is 0 Å². The number of hydrogen-bond acceptors (Lipinski definition) is 3. The SMILES string of the molecule is Cc1ccc(C2CNCCN3CCCC23)s1. The number of fused-ring (bicyclic) bond motifs is 1. The predicted octanol–water partition coefficient (Wildman–Crippen LogP) is 2.21. The molecule has 2 atom stereocenters. The van der Waals surface area contributed by atoms with E-state index in [9.17, 15) is 0 Å². The van der Waals surface area contributed by atoms with Crippen LogP contribution in [0.2, 0.25) is 0 Å². The van der Waals surface area contributed by atoms with Gasteiger partial charge in [-0.25, -0.2) is 0 Å². The van der Waals surface area contributed by atoms with Gasteiger partial charge in [-0.2, -0.15) is 0 Å². The Morgan fingerprint density at radius 1 is 1.38 bits per heavy atom. The molecule has 0 aliphatic carbocycles. The molecule has 0 amide bonds. The van der Waals surface area contributed by atoms with Gasteiger partial charge < -0.3 is 5.32 Å². The van der Waals surface area contributed by atoms with Gasteiger partial charge in [-0.05, 0) is 38.4 Å². The minimum Gasteiger partial charge on any atom is -0.315 e. The molecule has 0 aromatic carbocycles. The van der Waals surface area contributed by atoms with Gasteiger partial charge >= 0.3 is 0 Å². The molecule has 0 radical (unpaired) electrons. The van der Waals surface area contributed by atoms with Crippen LogP contribution in [0.5, 0.6) is 0 Å². The molecule has 2 saturated heterocycles. The van der Waals surface area contributed by atoms with E-state index in [0.717, 1.165) is 18.5 Å². The molecule has 88 valence electrons. The standard InChI is InChI=1S/C13H20N2S/c1-10-4-5-13(16-10)11-9-14-6-8-15-7-2-3-12(11)15/h4-5,11-12,14H,2-3,6-9H2,1H3. The maximum absolute atomic E-state index is 3.60. The summed E-state index contributed by atoms with van der Waals surface area (Å²) in [6.07, 6.45) is 2.79. The van der Waals surface area contributed by atoms with Crippen LogP contribution in [0.15, 0.2) is 12.1 Å². The highest BCUT2D eigenvalue weighted by Crippen LogP contribution is 2.35. The van der Waals surface area contributed by atoms with Crippen molar-refractivity contribution in [3.05, 3.63) is 21.9 Å². The highest BCUT2D eigenvalue weighted by Gasteiger charge is 2.34. The third-order valence-corrected chi connectivity index (χ3v) is 5.08. The molecule has 2 nitrogen and oxygen atoms in total. The van der Waals surface area contributed by atoms with Crippen molar-refractivity contribution in [3.8, 4) is 0 Å². The molecule has 3 heteroatoms. The Labute approximate surface area is 102 Å². The van der Waals surface area contributed by atoms with E-state index in [1.165, 1.54) is 37.4 Å². The summed E-state index contributed by atoms with van der Waals surface area (Å²) in [5.74, 6) is 0.726. The molecule has 0 bridgehead atoms. The van der Waals surface area contributed by atoms with Crippen LogP contribution < -0.4 is 5.32 Å². The summed E-state index contributed by atoms with van der Waals surface area (Å²) in [6, 6.07) is 5.41. The minimum atomic E-state index is 0.726. The van der Waals surface area contributed by atoms with Gasteiger partial charge in [-0.1, -0.05) is 0 Å². The van der Waals surface area contributed by atoms with Crippen molar-refractivity contribution in [2.75, 3.05) is 26.2 Å². The molecule has 2 fully saturated rings. The quantitative estimate of drug-likeness (QED) is 0.804. The van der Waals surface area contributed by atoms with Crippen molar-refractivity contribution < 1.29 is 0 Å². The highest BCUT2D eigenvalue weighted by atomic mass is 32.1. The molecule has 3 rings (SSSR count). The van der Waals surface area contributed by atoms with Gasteiger partial charge in [0.25, 0.3) is 0 Å². The van der Waals surface area contributed by atoms with E-state index < -0.39 is 0 Å². The summed E-state index contributed by atoms with van der Waals surface area (Å²) in [5.41, 5.74) is 0. The summed E-state index contributed by atoms with van der Waals surface area (Å²) in [5, 5.41) is 3.60. The second kappa shape index (κ2) is 4.47. The Kier molecular flexibility index (Phi) is 3.01. The zero-order chi connectivity index (χ0) is 11.0. The van der Waals surface area contributed by atoms with Gasteiger partial charge in [0.05, 0.1) is 0 Å². The van der Waals surface area contributed by atoms with Gasteiger partial charge in [0.2, 0.25) is 0 Å². The average molecular weight is 236 g/mol. The molecular formula is C13H20N2S. The van der Waals surface area contributed by atoms with Crippen LogP contribution in [0.3, 0.4) is 0 Å². The van der Waals surface area contributed by atoms with E-state index >= 15 is 0 Å². The minimum absolute atomic E-state index is 0.726. The van der Waals surface area contributed by atoms with Crippen LogP contribution in [0.4, 0.5) is 0 Å². The topological polar surface area (TPSA) is 15.3 Å². The Morgan fingerprint density at radius 2 is 2.31 bits per heavy atom. The Balaban J connectivity index is 1.86. The van der Waals surface area contributed by atoms with Gasteiger partial charge in [0.15, 0.2) is 0 Å².